The number of para-hydroxylation sites is 1. The molecular weight excluding hydrogens is 288 g/mol. The first-order chi connectivity index (χ1) is 10.0. The topological polar surface area (TPSA) is 84.6 Å². The van der Waals surface area contributed by atoms with Crippen LogP contribution < -0.4 is 15.8 Å². The van der Waals surface area contributed by atoms with Gasteiger partial charge in [0.2, 0.25) is 0 Å². The minimum Gasteiger partial charge on any atom is -0.508 e. The maximum atomic E-state index is 12.2. The van der Waals surface area contributed by atoms with Gasteiger partial charge in [-0.2, -0.15) is 0 Å². The first-order valence-corrected chi connectivity index (χ1v) is 6.51. The van der Waals surface area contributed by atoms with Crippen LogP contribution in [0.4, 0.5) is 5.69 Å². The molecule has 0 atom stereocenters. The van der Waals surface area contributed by atoms with E-state index >= 15 is 0 Å². The number of hydrogen-bond donors (Lipinski definition) is 3. The van der Waals surface area contributed by atoms with Crippen molar-refractivity contribution in [2.24, 2.45) is 5.73 Å². The Hall–Kier alpha value is -2.60. The molecule has 0 aromatic heterocycles. The highest BCUT2D eigenvalue weighted by Crippen LogP contribution is 2.29. The molecule has 21 heavy (non-hydrogen) atoms. The Bertz CT molecular complexity index is 701. The van der Waals surface area contributed by atoms with Crippen LogP contribution in [0.15, 0.2) is 42.5 Å². The molecule has 0 radical (unpaired) electrons. The maximum absolute atomic E-state index is 12.2. The van der Waals surface area contributed by atoms with E-state index in [0.717, 1.165) is 0 Å². The SMILES string of the molecule is COc1cccc(C(N)=S)c1NC(=O)c1cccc(O)c1. The minimum absolute atomic E-state index is 0.0113. The fourth-order valence-electron chi connectivity index (χ4n) is 1.87. The lowest BCUT2D eigenvalue weighted by atomic mass is 10.1. The highest BCUT2D eigenvalue weighted by molar-refractivity contribution is 7.80. The van der Waals surface area contributed by atoms with Gasteiger partial charge in [-0.25, -0.2) is 0 Å². The molecule has 0 saturated heterocycles. The third kappa shape index (κ3) is 3.29. The molecular formula is C15H14N2O3S. The number of methoxy groups -OCH3 is 1. The Labute approximate surface area is 127 Å². The summed E-state index contributed by atoms with van der Waals surface area (Å²) in [6.07, 6.45) is 0. The van der Waals surface area contributed by atoms with Crippen molar-refractivity contribution in [1.29, 1.82) is 0 Å². The van der Waals surface area contributed by atoms with Crippen molar-refractivity contribution in [3.05, 3.63) is 53.6 Å². The van der Waals surface area contributed by atoms with Crippen LogP contribution in [0.3, 0.4) is 0 Å². The average Bonchev–Trinajstić information content (AvgIpc) is 2.47. The van der Waals surface area contributed by atoms with Gasteiger partial charge >= 0.3 is 0 Å². The number of anilines is 1. The molecule has 5 nitrogen and oxygen atoms in total. The smallest absolute Gasteiger partial charge is 0.255 e. The molecule has 2 rings (SSSR count). The second kappa shape index (κ2) is 6.23. The zero-order chi connectivity index (χ0) is 15.4. The molecule has 2 aromatic rings. The van der Waals surface area contributed by atoms with Crippen LogP contribution in [-0.2, 0) is 0 Å². The van der Waals surface area contributed by atoms with E-state index < -0.39 is 5.91 Å². The summed E-state index contributed by atoms with van der Waals surface area (Å²) in [5, 5.41) is 12.1. The van der Waals surface area contributed by atoms with Gasteiger partial charge in [0, 0.05) is 11.1 Å². The summed E-state index contributed by atoms with van der Waals surface area (Å²) in [5.74, 6) is 0.0685. The first-order valence-electron chi connectivity index (χ1n) is 6.10. The van der Waals surface area contributed by atoms with E-state index in [1.165, 1.54) is 19.2 Å². The van der Waals surface area contributed by atoms with Crippen LogP contribution >= 0.6 is 12.2 Å². The molecule has 0 unspecified atom stereocenters. The zero-order valence-electron chi connectivity index (χ0n) is 11.3. The van der Waals surface area contributed by atoms with E-state index in [0.29, 0.717) is 22.6 Å². The number of phenolic OH excluding ortho intramolecular Hbond substituents is 1. The molecule has 4 N–H and O–H groups in total. The quantitative estimate of drug-likeness (QED) is 0.755. The number of carbonyl (C=O) groups excluding carboxylic acids is 1. The van der Waals surface area contributed by atoms with Gasteiger partial charge < -0.3 is 20.9 Å². The Morgan fingerprint density at radius 3 is 2.62 bits per heavy atom. The molecule has 0 aliphatic rings. The molecule has 0 fully saturated rings. The largest absolute Gasteiger partial charge is 0.508 e. The van der Waals surface area contributed by atoms with Crippen molar-refractivity contribution in [2.45, 2.75) is 0 Å². The third-order valence-electron chi connectivity index (χ3n) is 2.86. The van der Waals surface area contributed by atoms with Crippen LogP contribution in [0.1, 0.15) is 15.9 Å². The van der Waals surface area contributed by atoms with Crippen LogP contribution in [0.2, 0.25) is 0 Å². The molecule has 108 valence electrons. The van der Waals surface area contributed by atoms with Crippen LogP contribution in [0, 0.1) is 0 Å². The van der Waals surface area contributed by atoms with Crippen molar-refractivity contribution >= 4 is 28.8 Å². The molecule has 0 heterocycles. The standard InChI is InChI=1S/C15H14N2O3S/c1-20-12-7-3-6-11(14(16)21)13(12)17-15(19)9-4-2-5-10(18)8-9/h2-8,18H,1H3,(H2,16,21)(H,17,19). The number of aromatic hydroxyl groups is 1. The van der Waals surface area contributed by atoms with E-state index in [9.17, 15) is 9.90 Å². The molecule has 2 aromatic carbocycles. The molecule has 0 spiro atoms. The number of phenols is 1. The maximum Gasteiger partial charge on any atom is 0.255 e. The van der Waals surface area contributed by atoms with E-state index in [1.807, 2.05) is 0 Å². The van der Waals surface area contributed by atoms with Gasteiger partial charge in [0.1, 0.15) is 16.5 Å². The van der Waals surface area contributed by atoms with Crippen LogP contribution in [0.5, 0.6) is 11.5 Å². The lowest BCUT2D eigenvalue weighted by Gasteiger charge is -2.14. The summed E-state index contributed by atoms with van der Waals surface area (Å²) >= 11 is 4.98. The van der Waals surface area contributed by atoms with E-state index in [4.69, 9.17) is 22.7 Å². The van der Waals surface area contributed by atoms with Crippen LogP contribution in [0.25, 0.3) is 0 Å². The van der Waals surface area contributed by atoms with Gasteiger partial charge in [-0.1, -0.05) is 24.4 Å². The Morgan fingerprint density at radius 2 is 2.00 bits per heavy atom. The molecule has 0 bridgehead atoms. The van der Waals surface area contributed by atoms with Crippen molar-refractivity contribution < 1.29 is 14.6 Å². The number of nitrogens with two attached hydrogens (primary N) is 1. The predicted molar refractivity (Wildman–Crippen MR) is 84.9 cm³/mol. The monoisotopic (exact) mass is 302 g/mol. The average molecular weight is 302 g/mol. The number of ether oxygens (including phenoxy) is 1. The predicted octanol–water partition coefficient (Wildman–Crippen LogP) is 2.29. The number of amides is 1. The number of nitrogens with one attached hydrogen (secondary N) is 1. The van der Waals surface area contributed by atoms with Gasteiger partial charge in [-0.3, -0.25) is 4.79 Å². The second-order valence-corrected chi connectivity index (χ2v) is 4.69. The van der Waals surface area contributed by atoms with Gasteiger partial charge in [0.25, 0.3) is 5.91 Å². The molecule has 0 saturated carbocycles. The molecule has 6 heteroatoms. The fourth-order valence-corrected chi connectivity index (χ4v) is 2.04. The summed E-state index contributed by atoms with van der Waals surface area (Å²) in [7, 11) is 1.49. The van der Waals surface area contributed by atoms with Gasteiger partial charge in [-0.15, -0.1) is 0 Å². The molecule has 0 aliphatic carbocycles. The van der Waals surface area contributed by atoms with E-state index in [2.05, 4.69) is 5.32 Å². The van der Waals surface area contributed by atoms with Crippen molar-refractivity contribution in [1.82, 2.24) is 0 Å². The minimum atomic E-state index is -0.395. The molecule has 1 amide bonds. The van der Waals surface area contributed by atoms with Crippen molar-refractivity contribution in [2.75, 3.05) is 12.4 Å². The lowest BCUT2D eigenvalue weighted by molar-refractivity contribution is 0.102. The van der Waals surface area contributed by atoms with Gasteiger partial charge in [0.05, 0.1) is 12.8 Å². The lowest BCUT2D eigenvalue weighted by Crippen LogP contribution is -2.18. The highest BCUT2D eigenvalue weighted by Gasteiger charge is 2.15. The van der Waals surface area contributed by atoms with Gasteiger partial charge in [0.15, 0.2) is 0 Å². The van der Waals surface area contributed by atoms with Crippen molar-refractivity contribution in [3.63, 3.8) is 0 Å². The normalized spacial score (nSPS) is 9.95. The van der Waals surface area contributed by atoms with Gasteiger partial charge in [-0.05, 0) is 30.3 Å². The summed E-state index contributed by atoms with van der Waals surface area (Å²) in [6, 6.07) is 11.2. The number of thiocarbonyl (C=S) groups is 1. The van der Waals surface area contributed by atoms with Crippen LogP contribution in [-0.4, -0.2) is 23.1 Å². The zero-order valence-corrected chi connectivity index (χ0v) is 12.1. The number of benzene rings is 2. The number of hydrogen-bond acceptors (Lipinski definition) is 4. The highest BCUT2D eigenvalue weighted by atomic mass is 32.1. The third-order valence-corrected chi connectivity index (χ3v) is 3.08. The Morgan fingerprint density at radius 1 is 1.29 bits per heavy atom. The summed E-state index contributed by atoms with van der Waals surface area (Å²) in [6.45, 7) is 0. The Balaban J connectivity index is 2.39. The first kappa shape index (κ1) is 14.8. The number of carbonyl (C=O) groups is 1. The number of rotatable bonds is 4. The van der Waals surface area contributed by atoms with Crippen molar-refractivity contribution in [3.8, 4) is 11.5 Å². The summed E-state index contributed by atoms with van der Waals surface area (Å²) in [5.41, 5.74) is 6.89. The Kier molecular flexibility index (Phi) is 4.39. The fraction of sp³-hybridized carbons (Fsp3) is 0.0667. The summed E-state index contributed by atoms with van der Waals surface area (Å²) < 4.78 is 5.22. The van der Waals surface area contributed by atoms with E-state index in [1.54, 1.807) is 30.3 Å². The van der Waals surface area contributed by atoms with E-state index in [-0.39, 0.29) is 10.7 Å². The second-order valence-electron chi connectivity index (χ2n) is 4.25. The molecule has 0 aliphatic heterocycles. The summed E-state index contributed by atoms with van der Waals surface area (Å²) in [4.78, 5) is 12.4.